The summed E-state index contributed by atoms with van der Waals surface area (Å²) in [4.78, 5) is 0. The van der Waals surface area contributed by atoms with Gasteiger partial charge >= 0.3 is 0 Å². The lowest BCUT2D eigenvalue weighted by Gasteiger charge is -2.42. The number of nitriles is 1. The molecule has 0 saturated heterocycles. The van der Waals surface area contributed by atoms with Gasteiger partial charge in [0, 0.05) is 0 Å². The highest BCUT2D eigenvalue weighted by molar-refractivity contribution is 8.00. The summed E-state index contributed by atoms with van der Waals surface area (Å²) in [5, 5.41) is 9.05. The summed E-state index contributed by atoms with van der Waals surface area (Å²) < 4.78 is 0.0342. The van der Waals surface area contributed by atoms with Crippen LogP contribution >= 0.6 is 11.8 Å². The van der Waals surface area contributed by atoms with Crippen LogP contribution in [0.4, 0.5) is 0 Å². The van der Waals surface area contributed by atoms with E-state index in [0.29, 0.717) is 5.41 Å². The van der Waals surface area contributed by atoms with E-state index in [4.69, 9.17) is 5.26 Å². The van der Waals surface area contributed by atoms with Crippen LogP contribution in [0.3, 0.4) is 0 Å². The predicted octanol–water partition coefficient (Wildman–Crippen LogP) is 2.97. The number of hydrogen-bond donors (Lipinski definition) is 0. The normalized spacial score (nSPS) is 27.7. The first kappa shape index (κ1) is 8.44. The molecule has 0 atom stereocenters. The maximum absolute atomic E-state index is 9.05. The van der Waals surface area contributed by atoms with Gasteiger partial charge in [0.05, 0.1) is 6.07 Å². The highest BCUT2D eigenvalue weighted by Gasteiger charge is 2.61. The third-order valence-corrected chi connectivity index (χ3v) is 4.61. The molecule has 2 rings (SSSR count). The van der Waals surface area contributed by atoms with Crippen LogP contribution in [0.5, 0.6) is 0 Å². The molecule has 66 valence electrons. The minimum atomic E-state index is 0.0342. The van der Waals surface area contributed by atoms with Crippen molar-refractivity contribution in [1.82, 2.24) is 0 Å². The van der Waals surface area contributed by atoms with Crippen molar-refractivity contribution in [3.63, 3.8) is 0 Å². The lowest BCUT2D eigenvalue weighted by atomic mass is 9.72. The Morgan fingerprint density at radius 1 is 1.42 bits per heavy atom. The average molecular weight is 181 g/mol. The molecule has 2 fully saturated rings. The molecule has 0 amide bonds. The first-order chi connectivity index (χ1) is 5.74. The fraction of sp³-hybridized carbons (Fsp3) is 0.900. The topological polar surface area (TPSA) is 23.8 Å². The van der Waals surface area contributed by atoms with E-state index in [1.165, 1.54) is 32.1 Å². The van der Waals surface area contributed by atoms with E-state index in [0.717, 1.165) is 5.75 Å². The van der Waals surface area contributed by atoms with E-state index in [1.807, 2.05) is 11.8 Å². The molecule has 1 spiro atoms. The molecule has 0 radical (unpaired) electrons. The lowest BCUT2D eigenvalue weighted by molar-refractivity contribution is 0.251. The first-order valence-electron chi connectivity index (χ1n) is 4.79. The maximum atomic E-state index is 9.05. The summed E-state index contributed by atoms with van der Waals surface area (Å²) in [5.74, 6) is 1.16. The van der Waals surface area contributed by atoms with Crippen molar-refractivity contribution in [3.8, 4) is 6.07 Å². The van der Waals surface area contributed by atoms with Crippen molar-refractivity contribution in [2.45, 2.75) is 43.8 Å². The van der Waals surface area contributed by atoms with E-state index in [1.54, 1.807) is 0 Å². The Hall–Kier alpha value is -0.160. The molecule has 12 heavy (non-hydrogen) atoms. The first-order valence-corrected chi connectivity index (χ1v) is 5.78. The summed E-state index contributed by atoms with van der Waals surface area (Å²) in [6, 6.07) is 2.51. The maximum Gasteiger partial charge on any atom is 0.103 e. The van der Waals surface area contributed by atoms with Crippen molar-refractivity contribution in [2.24, 2.45) is 5.41 Å². The Morgan fingerprint density at radius 3 is 2.50 bits per heavy atom. The van der Waals surface area contributed by atoms with Crippen LogP contribution in [0.1, 0.15) is 39.0 Å². The smallest absolute Gasteiger partial charge is 0.103 e. The molecule has 0 bridgehead atoms. The van der Waals surface area contributed by atoms with Crippen molar-refractivity contribution < 1.29 is 0 Å². The van der Waals surface area contributed by atoms with Gasteiger partial charge in [-0.25, -0.2) is 0 Å². The second kappa shape index (κ2) is 2.67. The van der Waals surface area contributed by atoms with Gasteiger partial charge < -0.3 is 0 Å². The molecule has 2 saturated carbocycles. The molecule has 2 heteroatoms. The summed E-state index contributed by atoms with van der Waals surface area (Å²) in [6.45, 7) is 2.18. The van der Waals surface area contributed by atoms with E-state index in [-0.39, 0.29) is 4.75 Å². The minimum Gasteiger partial charge on any atom is -0.197 e. The Kier molecular flexibility index (Phi) is 1.88. The summed E-state index contributed by atoms with van der Waals surface area (Å²) >= 11 is 1.89. The Labute approximate surface area is 78.5 Å². The van der Waals surface area contributed by atoms with Gasteiger partial charge in [0.2, 0.25) is 0 Å². The summed E-state index contributed by atoms with van der Waals surface area (Å²) in [5.41, 5.74) is 0.663. The fourth-order valence-electron chi connectivity index (χ4n) is 2.20. The molecule has 2 aliphatic carbocycles. The molecular weight excluding hydrogens is 166 g/mol. The van der Waals surface area contributed by atoms with Gasteiger partial charge in [-0.3, -0.25) is 0 Å². The van der Waals surface area contributed by atoms with Crippen molar-refractivity contribution in [3.05, 3.63) is 0 Å². The van der Waals surface area contributed by atoms with Crippen molar-refractivity contribution in [2.75, 3.05) is 5.75 Å². The number of thioether (sulfide) groups is 1. The zero-order valence-electron chi connectivity index (χ0n) is 7.60. The Morgan fingerprint density at radius 2 is 2.08 bits per heavy atom. The number of nitrogens with zero attached hydrogens (tertiary/aromatic N) is 1. The Bertz CT molecular complexity index is 216. The van der Waals surface area contributed by atoms with Gasteiger partial charge in [0.25, 0.3) is 0 Å². The third-order valence-electron chi connectivity index (χ3n) is 3.06. The SMILES string of the molecule is CCCSC1(C#N)CC2(CC2)C1. The second-order valence-corrected chi connectivity index (χ2v) is 5.79. The molecule has 1 nitrogen and oxygen atoms in total. The van der Waals surface area contributed by atoms with Gasteiger partial charge in [0.15, 0.2) is 0 Å². The molecule has 0 aliphatic heterocycles. The molecule has 2 aliphatic rings. The molecule has 0 N–H and O–H groups in total. The van der Waals surface area contributed by atoms with E-state index < -0.39 is 0 Å². The van der Waals surface area contributed by atoms with Gasteiger partial charge in [-0.15, -0.1) is 11.8 Å². The van der Waals surface area contributed by atoms with Crippen LogP contribution in [-0.2, 0) is 0 Å². The van der Waals surface area contributed by atoms with Crippen LogP contribution in [0.15, 0.2) is 0 Å². The van der Waals surface area contributed by atoms with Crippen LogP contribution in [0.2, 0.25) is 0 Å². The number of hydrogen-bond acceptors (Lipinski definition) is 2. The van der Waals surface area contributed by atoms with Gasteiger partial charge in [-0.2, -0.15) is 5.26 Å². The molecule has 0 unspecified atom stereocenters. The highest BCUT2D eigenvalue weighted by Crippen LogP contribution is 2.68. The lowest BCUT2D eigenvalue weighted by Crippen LogP contribution is -2.41. The monoisotopic (exact) mass is 181 g/mol. The Balaban J connectivity index is 1.87. The molecule has 0 heterocycles. The largest absolute Gasteiger partial charge is 0.197 e. The molecule has 0 aromatic heterocycles. The summed E-state index contributed by atoms with van der Waals surface area (Å²) in [6.07, 6.45) is 6.34. The van der Waals surface area contributed by atoms with Crippen LogP contribution in [0, 0.1) is 16.7 Å². The van der Waals surface area contributed by atoms with Gasteiger partial charge in [-0.05, 0) is 43.3 Å². The molecule has 0 aromatic rings. The van der Waals surface area contributed by atoms with Gasteiger partial charge in [-0.1, -0.05) is 6.92 Å². The van der Waals surface area contributed by atoms with E-state index >= 15 is 0 Å². The van der Waals surface area contributed by atoms with Gasteiger partial charge in [0.1, 0.15) is 4.75 Å². The average Bonchev–Trinajstić information content (AvgIpc) is 2.78. The zero-order chi connectivity index (χ0) is 8.66. The van der Waals surface area contributed by atoms with Crippen LogP contribution in [0.25, 0.3) is 0 Å². The zero-order valence-corrected chi connectivity index (χ0v) is 8.41. The van der Waals surface area contributed by atoms with E-state index in [2.05, 4.69) is 13.0 Å². The van der Waals surface area contributed by atoms with Crippen molar-refractivity contribution >= 4 is 11.8 Å². The molecule has 0 aromatic carbocycles. The highest BCUT2D eigenvalue weighted by atomic mass is 32.2. The number of rotatable bonds is 3. The third kappa shape index (κ3) is 1.25. The van der Waals surface area contributed by atoms with Crippen LogP contribution in [-0.4, -0.2) is 10.5 Å². The predicted molar refractivity (Wildman–Crippen MR) is 52.0 cm³/mol. The van der Waals surface area contributed by atoms with E-state index in [9.17, 15) is 0 Å². The van der Waals surface area contributed by atoms with Crippen LogP contribution < -0.4 is 0 Å². The second-order valence-electron chi connectivity index (χ2n) is 4.31. The quantitative estimate of drug-likeness (QED) is 0.668. The van der Waals surface area contributed by atoms with Crippen molar-refractivity contribution in [1.29, 1.82) is 5.26 Å². The summed E-state index contributed by atoms with van der Waals surface area (Å²) in [7, 11) is 0. The molecular formula is C10H15NS. The fourth-order valence-corrected chi connectivity index (χ4v) is 3.68. The minimum absolute atomic E-state index is 0.0342. The standard InChI is InChI=1S/C10H15NS/c1-2-5-12-10(8-11)6-9(7-10)3-4-9/h2-7H2,1H3.